The van der Waals surface area contributed by atoms with Crippen LogP contribution in [-0.4, -0.2) is 87.9 Å². The Morgan fingerprint density at radius 2 is 1.27 bits per heavy atom. The molecule has 0 fully saturated rings. The monoisotopic (exact) mass is 1340 g/mol. The average Bonchev–Trinajstić information content (AvgIpc) is 0.710. The fraction of sp³-hybridized carbons (Fsp3) is 0.318. The number of aromatic hydroxyl groups is 1. The van der Waals surface area contributed by atoms with Crippen LogP contribution < -0.4 is 60.2 Å². The molecule has 0 saturated heterocycles. The average molecular weight is 1340 g/mol. The molecule has 93 heavy (non-hydrogen) atoms. The first-order chi connectivity index (χ1) is 43.5. The van der Waals surface area contributed by atoms with Crippen molar-refractivity contribution in [2.75, 3.05) is 5.32 Å². The number of hydrogen-bond donors (Lipinski definition) is 7. The summed E-state index contributed by atoms with van der Waals surface area (Å²) < 4.78 is 89.2. The molecule has 9 rings (SSSR count). The van der Waals surface area contributed by atoms with Crippen molar-refractivity contribution in [3.8, 4) is 5.75 Å². The van der Waals surface area contributed by atoms with Gasteiger partial charge in [0.1, 0.15) is 16.3 Å². The predicted molar refractivity (Wildman–Crippen MR) is 350 cm³/mol. The first-order valence-corrected chi connectivity index (χ1v) is 34.2. The Kier molecular flexibility index (Phi) is 25.9. The van der Waals surface area contributed by atoms with E-state index in [1.54, 1.807) is 75.4 Å². The molecule has 7 aromatic rings. The summed E-state index contributed by atoms with van der Waals surface area (Å²) in [6, 6.07) is 33.5. The Morgan fingerprint density at radius 3 is 1.82 bits per heavy atom. The van der Waals surface area contributed by atoms with Gasteiger partial charge >= 0.3 is 35.5 Å². The first-order valence-electron chi connectivity index (χ1n) is 29.8. The van der Waals surface area contributed by atoms with Crippen LogP contribution in [-0.2, 0) is 44.6 Å². The van der Waals surface area contributed by atoms with Crippen LogP contribution in [0.5, 0.6) is 5.75 Å². The van der Waals surface area contributed by atoms with Gasteiger partial charge in [-0.15, -0.1) is 5.11 Å². The minimum absolute atomic E-state index is 0. The van der Waals surface area contributed by atoms with Crippen LogP contribution in [0.25, 0.3) is 16.3 Å². The number of hydrogen-bond acceptors (Lipinski definition) is 18. The van der Waals surface area contributed by atoms with Gasteiger partial charge in [-0.3, -0.25) is 23.8 Å². The van der Waals surface area contributed by atoms with Crippen molar-refractivity contribution in [2.45, 2.75) is 147 Å². The zero-order chi connectivity index (χ0) is 67.4. The minimum atomic E-state index is -4.78. The zero-order valence-electron chi connectivity index (χ0n) is 54.5. The van der Waals surface area contributed by atoms with Crippen molar-refractivity contribution in [2.24, 2.45) is 31.4 Å². The van der Waals surface area contributed by atoms with Crippen molar-refractivity contribution in [1.29, 1.82) is 0 Å². The van der Waals surface area contributed by atoms with E-state index in [9.17, 15) is 54.1 Å². The van der Waals surface area contributed by atoms with Crippen molar-refractivity contribution >= 4 is 98.5 Å². The number of unbranched alkanes of at least 4 members (excludes halogenated alkanes) is 1. The number of rotatable bonds is 22. The molecule has 1 heterocycles. The van der Waals surface area contributed by atoms with E-state index in [0.29, 0.717) is 64.3 Å². The topological polar surface area (TPSA) is 351 Å². The van der Waals surface area contributed by atoms with Gasteiger partial charge in [0.15, 0.2) is 5.78 Å². The van der Waals surface area contributed by atoms with Gasteiger partial charge < -0.3 is 17.2 Å². The summed E-state index contributed by atoms with van der Waals surface area (Å²) in [4.78, 5) is 57.3. The number of phenolic OH excluding ortho intramolecular Hbond substituents is 1. The quantitative estimate of drug-likeness (QED) is 0.0109. The standard InChI is InChI=1S/C27H31N3O6S.C21H23N3O3S.C18H21N3O5S.Na.H/c1-5-6-9-17(29-16(4)31)12-14(2)28-20-13-21(37(34,35)36)25-24-22(15(3)27(33)30-25)18-10-7-8-11-19(18)26(32)23(20)24;1-4-15(3)24-28(26,27)18-9-7-17(8-10-18)22-23-21-19-11-5-14(2)13-16(19)6-12-20(21)25;1-4-13(3)21-27(24,25)16-9-7-14(8-10-16)19-20-15-6-5-12(2)17(11-15)18(22)26-23;;/h7-8,10-11,13-15,17,28H,5-6,9,12H2,1-4H3,(H,29,31)(H,34,35,36);5-13,15,24-25H,4H2,1-3H3;5-11,13,21,23H,4H2,1-3H3;;/q;;;+1;-1. The Bertz CT molecular complexity index is 4500. The Hall–Kier alpha value is -7.76. The number of nitrogens with one attached hydrogen (secondary N) is 4. The maximum Gasteiger partial charge on any atom is 1.00 e. The molecule has 0 saturated carbocycles. The summed E-state index contributed by atoms with van der Waals surface area (Å²) in [5.41, 5.74) is 5.53. The molecule has 7 N–H and O–H groups in total. The number of anilines is 1. The van der Waals surface area contributed by atoms with E-state index in [-0.39, 0.29) is 110 Å². The van der Waals surface area contributed by atoms with E-state index in [1.165, 1.54) is 55.5 Å². The van der Waals surface area contributed by atoms with Gasteiger partial charge in [-0.2, -0.15) is 29.0 Å². The number of carbonyl (C=O) groups excluding carboxylic acids is 4. The molecule has 27 heteroatoms. The zero-order valence-corrected chi connectivity index (χ0v) is 58.0. The molecule has 5 atom stereocenters. The van der Waals surface area contributed by atoms with Gasteiger partial charge in [0, 0.05) is 52.9 Å². The van der Waals surface area contributed by atoms with Crippen LogP contribution in [0.2, 0.25) is 0 Å². The fourth-order valence-electron chi connectivity index (χ4n) is 10.2. The Labute approximate surface area is 565 Å². The minimum Gasteiger partial charge on any atom is -1.00 e. The summed E-state index contributed by atoms with van der Waals surface area (Å²) >= 11 is 0. The molecule has 488 valence electrons. The number of nitrogens with zero attached hydrogens (tertiary/aromatic N) is 5. The number of aryl methyl sites for hydroxylation is 2. The number of sulfonamides is 2. The van der Waals surface area contributed by atoms with Gasteiger partial charge in [-0.1, -0.05) is 93.8 Å². The third-order valence-electron chi connectivity index (χ3n) is 15.3. The van der Waals surface area contributed by atoms with Gasteiger partial charge in [0.2, 0.25) is 26.0 Å². The van der Waals surface area contributed by atoms with Gasteiger partial charge in [0.25, 0.3) is 16.0 Å². The van der Waals surface area contributed by atoms with E-state index in [2.05, 4.69) is 57.3 Å². The molecule has 1 aliphatic heterocycles. The number of amides is 2. The van der Waals surface area contributed by atoms with Crippen molar-refractivity contribution < 1.29 is 95.2 Å². The summed E-state index contributed by atoms with van der Waals surface area (Å²) in [5, 5.41) is 43.1. The second kappa shape index (κ2) is 32.4. The Morgan fingerprint density at radius 1 is 0.710 bits per heavy atom. The molecule has 1 aliphatic carbocycles. The molecular formula is C66H76N9NaO14S3. The van der Waals surface area contributed by atoms with E-state index >= 15 is 0 Å². The van der Waals surface area contributed by atoms with Crippen LogP contribution in [0.4, 0.5) is 28.4 Å². The summed E-state index contributed by atoms with van der Waals surface area (Å²) in [7, 11) is -11.9. The van der Waals surface area contributed by atoms with Crippen molar-refractivity contribution in [3.63, 3.8) is 0 Å². The predicted octanol–water partition coefficient (Wildman–Crippen LogP) is 8.94. The SMILES string of the molecule is CCC(C)NS(=O)(=O)c1ccc(N=Nc2c(O)ccc3cc(C)ccc23)cc1.CCC(C)NS(=O)(=O)c1ccc(N=Nc2ccc(C)c(C(=O)OO)c2)cc1.CCCCC(CC(C)Nc1cc(S(=O)(=O)O)c2c3c1C(=O)c1ccccc1C=3C(C)C(=O)N=2)NC(C)=O.[H-].[Na+]. The van der Waals surface area contributed by atoms with E-state index < -0.39 is 52.9 Å². The summed E-state index contributed by atoms with van der Waals surface area (Å²) in [6.45, 7) is 18.2. The summed E-state index contributed by atoms with van der Waals surface area (Å²) in [5.74, 6) is -2.57. The van der Waals surface area contributed by atoms with Gasteiger partial charge in [0.05, 0.1) is 49.3 Å². The number of benzene rings is 7. The van der Waals surface area contributed by atoms with Crippen LogP contribution in [0.3, 0.4) is 0 Å². The number of azo groups is 2. The molecule has 0 aromatic heterocycles. The maximum absolute atomic E-state index is 13.8. The third-order valence-corrected chi connectivity index (χ3v) is 19.4. The second-order valence-electron chi connectivity index (χ2n) is 22.6. The van der Waals surface area contributed by atoms with Crippen LogP contribution >= 0.6 is 0 Å². The fourth-order valence-corrected chi connectivity index (χ4v) is 13.5. The van der Waals surface area contributed by atoms with E-state index in [1.807, 2.05) is 58.9 Å². The van der Waals surface area contributed by atoms with Crippen LogP contribution in [0.15, 0.2) is 168 Å². The number of carbonyl (C=O) groups is 4. The molecule has 0 spiro atoms. The molecule has 5 unspecified atom stereocenters. The number of fused-ring (bicyclic) bond motifs is 3. The number of ketones is 1. The molecule has 7 aromatic carbocycles. The first kappa shape index (κ1) is 74.3. The smallest absolute Gasteiger partial charge is 1.00 e. The molecule has 2 aliphatic rings. The van der Waals surface area contributed by atoms with Crippen molar-refractivity contribution in [3.05, 3.63) is 171 Å². The molecule has 0 bridgehead atoms. The van der Waals surface area contributed by atoms with Gasteiger partial charge in [-0.05, 0) is 162 Å². The van der Waals surface area contributed by atoms with E-state index in [0.717, 1.165) is 35.6 Å². The number of phenols is 1. The van der Waals surface area contributed by atoms with Crippen LogP contribution in [0.1, 0.15) is 138 Å². The largest absolute Gasteiger partial charge is 1.00 e. The molecule has 23 nitrogen and oxygen atoms in total. The molecule has 2 amide bonds. The molecule has 0 radical (unpaired) electrons. The maximum atomic E-state index is 13.8. The van der Waals surface area contributed by atoms with Crippen LogP contribution in [0, 0.1) is 19.8 Å². The second-order valence-corrected chi connectivity index (χ2v) is 27.4. The third kappa shape index (κ3) is 18.8. The Balaban J connectivity index is 0.000000257. The van der Waals surface area contributed by atoms with Crippen molar-refractivity contribution in [1.82, 2.24) is 14.8 Å². The summed E-state index contributed by atoms with van der Waals surface area (Å²) in [6.07, 6.45) is 4.59. The molecular weight excluding hydrogens is 1260 g/mol. The van der Waals surface area contributed by atoms with E-state index in [4.69, 9.17) is 5.26 Å². The normalized spacial score (nSPS) is 14.8. The van der Waals surface area contributed by atoms with Gasteiger partial charge in [-0.25, -0.2) is 36.1 Å².